The second kappa shape index (κ2) is 4.68. The summed E-state index contributed by atoms with van der Waals surface area (Å²) in [5.41, 5.74) is 1.29. The van der Waals surface area contributed by atoms with E-state index in [2.05, 4.69) is 26.0 Å². The van der Waals surface area contributed by atoms with Gasteiger partial charge in [0.2, 0.25) is 0 Å². The summed E-state index contributed by atoms with van der Waals surface area (Å²) in [6.07, 6.45) is 2.19. The van der Waals surface area contributed by atoms with Crippen molar-refractivity contribution in [3.8, 4) is 0 Å². The van der Waals surface area contributed by atoms with Crippen LogP contribution in [0.5, 0.6) is 0 Å². The average Bonchev–Trinajstić information content (AvgIpc) is 1.95. The third-order valence-corrected chi connectivity index (χ3v) is 1.61. The third-order valence-electron chi connectivity index (χ3n) is 1.61. The summed E-state index contributed by atoms with van der Waals surface area (Å²) in [5, 5.41) is 0. The predicted molar refractivity (Wildman–Crippen MR) is 60.2 cm³/mol. The van der Waals surface area contributed by atoms with Crippen LogP contribution >= 0.6 is 7.81 Å². The van der Waals surface area contributed by atoms with Crippen LogP contribution in [0.3, 0.4) is 0 Å². The van der Waals surface area contributed by atoms with Crippen LogP contribution in [0, 0.1) is 13.8 Å². The van der Waals surface area contributed by atoms with Crippen molar-refractivity contribution in [2.45, 2.75) is 33.6 Å². The molecule has 0 aromatic carbocycles. The Hall–Kier alpha value is -0.840. The van der Waals surface area contributed by atoms with Gasteiger partial charge in [-0.1, -0.05) is 6.92 Å². The van der Waals surface area contributed by atoms with E-state index in [0.29, 0.717) is 0 Å². The van der Waals surface area contributed by atoms with E-state index in [-0.39, 0.29) is 0 Å². The zero-order chi connectivity index (χ0) is 14.7. The van der Waals surface area contributed by atoms with Crippen LogP contribution in [0.2, 0.25) is 0 Å². The van der Waals surface area contributed by atoms with Crippen molar-refractivity contribution < 1.29 is 29.6 Å². The van der Waals surface area contributed by atoms with Gasteiger partial charge in [0.05, 0.1) is 13.3 Å². The van der Waals surface area contributed by atoms with E-state index in [1.165, 1.54) is 5.56 Å². The third kappa shape index (κ3) is 15.2. The molecule has 0 spiro atoms. The number of hydrogen-bond donors (Lipinski definition) is 0. The summed E-state index contributed by atoms with van der Waals surface area (Å²) in [4.78, 5) is 0. The number of rotatable bonds is 2. The Morgan fingerprint density at radius 3 is 1.78 bits per heavy atom. The first-order valence-corrected chi connectivity index (χ1v) is 7.17. The van der Waals surface area contributed by atoms with E-state index >= 15 is 0 Å². The van der Waals surface area contributed by atoms with E-state index in [0.717, 1.165) is 24.4 Å². The van der Waals surface area contributed by atoms with E-state index in [1.54, 1.807) is 0 Å². The molecule has 0 aliphatic heterocycles. The summed E-state index contributed by atoms with van der Waals surface area (Å²) < 4.78 is 64.7. The van der Waals surface area contributed by atoms with Crippen molar-refractivity contribution in [3.63, 3.8) is 0 Å². The summed E-state index contributed by atoms with van der Waals surface area (Å²) in [6, 6.07) is 4.16. The summed E-state index contributed by atoms with van der Waals surface area (Å²) in [5.74, 6) is 2.11. The fraction of sp³-hybridized carbons (Fsp3) is 0.500. The van der Waals surface area contributed by atoms with Crippen LogP contribution in [-0.2, 0) is 6.42 Å². The maximum absolute atomic E-state index is 10.7. The van der Waals surface area contributed by atoms with Crippen LogP contribution in [0.15, 0.2) is 16.5 Å². The Morgan fingerprint density at radius 2 is 1.44 bits per heavy atom. The first kappa shape index (κ1) is 17.2. The van der Waals surface area contributed by atoms with Crippen LogP contribution < -0.4 is 0 Å². The second-order valence-electron chi connectivity index (χ2n) is 3.92. The quantitative estimate of drug-likeness (QED) is 0.344. The van der Waals surface area contributed by atoms with E-state index in [1.807, 2.05) is 6.92 Å². The first-order valence-electron chi connectivity index (χ1n) is 5.14. The molecule has 8 heteroatoms. The Morgan fingerprint density at radius 1 is 1.00 bits per heavy atom. The number of aryl methyl sites for hydroxylation is 3. The fourth-order valence-electron chi connectivity index (χ4n) is 1.25. The van der Waals surface area contributed by atoms with E-state index in [4.69, 9.17) is 4.42 Å². The summed E-state index contributed by atoms with van der Waals surface area (Å²) in [6.45, 7) is 6.25. The average molecular weight is 296 g/mol. The van der Waals surface area contributed by atoms with Crippen LogP contribution in [0.1, 0.15) is 30.4 Å². The molecule has 1 aromatic heterocycles. The molecule has 0 radical (unpaired) electrons. The Bertz CT molecular complexity index is 379. The molecule has 1 rings (SSSR count). The zero-order valence-corrected chi connectivity index (χ0v) is 11.1. The van der Waals surface area contributed by atoms with Gasteiger partial charge in [-0.3, -0.25) is 0 Å². The fourth-order valence-corrected chi connectivity index (χ4v) is 1.25. The molecule has 0 N–H and O–H groups in total. The van der Waals surface area contributed by atoms with Gasteiger partial charge in [-0.15, -0.1) is 0 Å². The molecule has 0 bridgehead atoms. The van der Waals surface area contributed by atoms with Gasteiger partial charge < -0.3 is 0 Å². The Labute approximate surface area is 101 Å². The van der Waals surface area contributed by atoms with Gasteiger partial charge in [0, 0.05) is 12.1 Å². The van der Waals surface area contributed by atoms with Crippen molar-refractivity contribution >= 4 is 7.81 Å². The van der Waals surface area contributed by atoms with Gasteiger partial charge in [-0.2, -0.15) is 0 Å². The molecule has 0 saturated carbocycles. The van der Waals surface area contributed by atoms with Gasteiger partial charge in [0.25, 0.3) is 0 Å². The van der Waals surface area contributed by atoms with Gasteiger partial charge in [0.1, 0.15) is 0 Å². The van der Waals surface area contributed by atoms with Crippen LogP contribution in [0.4, 0.5) is 25.2 Å². The molecule has 0 amide bonds. The first-order chi connectivity index (χ1) is 7.67. The Kier molecular flexibility index (Phi) is 4.46. The molecule has 1 aromatic rings. The van der Waals surface area contributed by atoms with Crippen molar-refractivity contribution in [2.75, 3.05) is 0 Å². The second-order valence-corrected chi connectivity index (χ2v) is 5.84. The molecule has 0 unspecified atom stereocenters. The van der Waals surface area contributed by atoms with E-state index < -0.39 is 7.81 Å². The Balaban J connectivity index is 0.000000360. The molecule has 1 nitrogen and oxygen atoms in total. The SMILES string of the molecule is CCCc1cc(C)cc(C)[o+]1.F[P-](F)(F)(F)(F)F. The summed E-state index contributed by atoms with van der Waals surface area (Å²) in [7, 11) is -10.7. The molecule has 0 atom stereocenters. The van der Waals surface area contributed by atoms with Gasteiger partial charge >= 0.3 is 44.5 Å². The molecule has 0 fully saturated rings. The molecule has 1 heterocycles. The topological polar surface area (TPSA) is 11.3 Å². The molecule has 0 aliphatic carbocycles. The van der Waals surface area contributed by atoms with Crippen LogP contribution in [-0.4, -0.2) is 0 Å². The molecule has 0 saturated heterocycles. The zero-order valence-electron chi connectivity index (χ0n) is 10.2. The van der Waals surface area contributed by atoms with Crippen molar-refractivity contribution in [2.24, 2.45) is 0 Å². The standard InChI is InChI=1S/C10H15O.F6P/c1-4-5-10-7-8(2)6-9(3)11-10;1-7(2,3,4,5)6/h6-7H,4-5H2,1-3H3;/q+1;-1. The van der Waals surface area contributed by atoms with E-state index in [9.17, 15) is 25.2 Å². The predicted octanol–water partition coefficient (Wildman–Crippen LogP) is 6.51. The van der Waals surface area contributed by atoms with Crippen molar-refractivity contribution in [3.05, 3.63) is 29.2 Å². The monoisotopic (exact) mass is 296 g/mol. The minimum absolute atomic E-state index is 1.01. The summed E-state index contributed by atoms with van der Waals surface area (Å²) >= 11 is 0. The normalized spacial score (nSPS) is 15.2. The molecule has 18 heavy (non-hydrogen) atoms. The molecule has 0 aliphatic rings. The van der Waals surface area contributed by atoms with Gasteiger partial charge in [-0.05, 0) is 18.9 Å². The van der Waals surface area contributed by atoms with Gasteiger partial charge in [-0.25, -0.2) is 4.42 Å². The van der Waals surface area contributed by atoms with Crippen LogP contribution in [0.25, 0.3) is 0 Å². The molecule has 108 valence electrons. The van der Waals surface area contributed by atoms with Gasteiger partial charge in [0.15, 0.2) is 0 Å². The number of hydrogen-bond acceptors (Lipinski definition) is 0. The molecular weight excluding hydrogens is 281 g/mol. The maximum atomic E-state index is 9.87. The van der Waals surface area contributed by atoms with Crippen molar-refractivity contribution in [1.82, 2.24) is 0 Å². The molecular formula is C10H15F6OP. The van der Waals surface area contributed by atoms with Crippen molar-refractivity contribution in [1.29, 1.82) is 0 Å². The number of halogens is 6. The minimum atomic E-state index is -10.7.